The summed E-state index contributed by atoms with van der Waals surface area (Å²) in [6.45, 7) is 8.70. The van der Waals surface area contributed by atoms with Crippen molar-refractivity contribution in [3.63, 3.8) is 0 Å². The van der Waals surface area contributed by atoms with Gasteiger partial charge in [0.1, 0.15) is 5.75 Å². The van der Waals surface area contributed by atoms with Crippen molar-refractivity contribution < 1.29 is 9.53 Å². The second-order valence-electron chi connectivity index (χ2n) is 5.14. The maximum atomic E-state index is 11.9. The van der Waals surface area contributed by atoms with E-state index in [0.29, 0.717) is 12.5 Å². The zero-order chi connectivity index (χ0) is 14.4. The Morgan fingerprint density at radius 3 is 2.63 bits per heavy atom. The normalized spacial score (nSPS) is 12.3. The Kier molecular flexibility index (Phi) is 6.35. The van der Waals surface area contributed by atoms with Gasteiger partial charge in [-0.25, -0.2) is 0 Å². The van der Waals surface area contributed by atoms with Gasteiger partial charge in [0.25, 0.3) is 5.91 Å². The van der Waals surface area contributed by atoms with E-state index in [2.05, 4.69) is 35.1 Å². The number of carbonyl (C=O) groups is 1. The fraction of sp³-hybridized carbons (Fsp3) is 0.533. The highest BCUT2D eigenvalue weighted by Crippen LogP contribution is 2.23. The molecule has 1 amide bonds. The van der Waals surface area contributed by atoms with Gasteiger partial charge < -0.3 is 10.1 Å². The van der Waals surface area contributed by atoms with Crippen LogP contribution in [0.3, 0.4) is 0 Å². The Morgan fingerprint density at radius 1 is 1.37 bits per heavy atom. The van der Waals surface area contributed by atoms with Crippen molar-refractivity contribution in [2.45, 2.75) is 40.2 Å². The number of amides is 1. The second kappa shape index (κ2) is 7.53. The van der Waals surface area contributed by atoms with E-state index in [0.717, 1.165) is 22.2 Å². The number of rotatable bonds is 6. The third-order valence-electron chi connectivity index (χ3n) is 2.83. The van der Waals surface area contributed by atoms with Crippen LogP contribution in [-0.4, -0.2) is 18.6 Å². The van der Waals surface area contributed by atoms with Crippen LogP contribution in [0.1, 0.15) is 32.8 Å². The van der Waals surface area contributed by atoms with E-state index in [4.69, 9.17) is 4.74 Å². The summed E-state index contributed by atoms with van der Waals surface area (Å²) in [5.41, 5.74) is 1.01. The average Bonchev–Trinajstić information content (AvgIpc) is 2.32. The lowest BCUT2D eigenvalue weighted by Crippen LogP contribution is -2.37. The molecule has 0 saturated carbocycles. The van der Waals surface area contributed by atoms with Gasteiger partial charge in [-0.15, -0.1) is 0 Å². The number of carbonyl (C=O) groups excluding carboxylic acids is 1. The van der Waals surface area contributed by atoms with Gasteiger partial charge in [-0.05, 0) is 49.9 Å². The van der Waals surface area contributed by atoms with Crippen LogP contribution in [0.4, 0.5) is 0 Å². The number of ether oxygens (including phenoxy) is 1. The minimum Gasteiger partial charge on any atom is -0.481 e. The molecule has 1 atom stereocenters. The molecule has 0 spiro atoms. The summed E-state index contributed by atoms with van der Waals surface area (Å²) in [5.74, 6) is 1.27. The van der Waals surface area contributed by atoms with Crippen LogP contribution in [0.25, 0.3) is 0 Å². The van der Waals surface area contributed by atoms with Crippen LogP contribution < -0.4 is 10.1 Å². The molecule has 0 radical (unpaired) electrons. The predicted molar refractivity (Wildman–Crippen MR) is 81.4 cm³/mol. The van der Waals surface area contributed by atoms with Crippen molar-refractivity contribution in [1.82, 2.24) is 5.32 Å². The first-order valence-electron chi connectivity index (χ1n) is 6.60. The second-order valence-corrected chi connectivity index (χ2v) is 6.06. The molecule has 1 N–H and O–H groups in total. The molecule has 106 valence electrons. The van der Waals surface area contributed by atoms with E-state index in [1.165, 1.54) is 0 Å². The topological polar surface area (TPSA) is 38.3 Å². The van der Waals surface area contributed by atoms with E-state index >= 15 is 0 Å². The lowest BCUT2D eigenvalue weighted by molar-refractivity contribution is -0.127. The van der Waals surface area contributed by atoms with Gasteiger partial charge >= 0.3 is 0 Å². The minimum absolute atomic E-state index is 0.0667. The molecule has 0 bridgehead atoms. The zero-order valence-electron chi connectivity index (χ0n) is 12.0. The number of hydrogen-bond acceptors (Lipinski definition) is 2. The van der Waals surface area contributed by atoms with Crippen LogP contribution in [0.5, 0.6) is 5.75 Å². The largest absolute Gasteiger partial charge is 0.481 e. The summed E-state index contributed by atoms with van der Waals surface area (Å²) in [6, 6.07) is 5.75. The molecule has 1 unspecified atom stereocenters. The quantitative estimate of drug-likeness (QED) is 0.865. The van der Waals surface area contributed by atoms with Gasteiger partial charge in [0, 0.05) is 11.0 Å². The van der Waals surface area contributed by atoms with Crippen molar-refractivity contribution >= 4 is 21.8 Å². The van der Waals surface area contributed by atoms with Crippen LogP contribution in [0.2, 0.25) is 0 Å². The van der Waals surface area contributed by atoms with E-state index in [-0.39, 0.29) is 5.91 Å². The Labute approximate surface area is 123 Å². The highest BCUT2D eigenvalue weighted by atomic mass is 79.9. The molecule has 0 saturated heterocycles. The zero-order valence-corrected chi connectivity index (χ0v) is 13.6. The standard InChI is InChI=1S/C15H22BrNO2/c1-10(2)7-8-17-15(18)12(4)19-14-6-5-13(16)9-11(14)3/h5-6,9-10,12H,7-8H2,1-4H3,(H,17,18). The summed E-state index contributed by atoms with van der Waals surface area (Å²) in [7, 11) is 0. The van der Waals surface area contributed by atoms with Gasteiger partial charge in [-0.2, -0.15) is 0 Å². The smallest absolute Gasteiger partial charge is 0.260 e. The molecule has 4 heteroatoms. The maximum absolute atomic E-state index is 11.9. The fourth-order valence-corrected chi connectivity index (χ4v) is 2.09. The molecule has 0 aliphatic carbocycles. The Morgan fingerprint density at radius 2 is 2.05 bits per heavy atom. The van der Waals surface area contributed by atoms with Gasteiger partial charge in [0.2, 0.25) is 0 Å². The Hall–Kier alpha value is -1.03. The monoisotopic (exact) mass is 327 g/mol. The molecule has 0 aromatic heterocycles. The number of halogens is 1. The minimum atomic E-state index is -0.480. The average molecular weight is 328 g/mol. The molecule has 0 heterocycles. The first-order valence-corrected chi connectivity index (χ1v) is 7.40. The lowest BCUT2D eigenvalue weighted by atomic mass is 10.1. The molecule has 1 aromatic carbocycles. The van der Waals surface area contributed by atoms with Gasteiger partial charge in [0.05, 0.1) is 0 Å². The first kappa shape index (κ1) is 16.0. The van der Waals surface area contributed by atoms with E-state index in [1.54, 1.807) is 6.92 Å². The lowest BCUT2D eigenvalue weighted by Gasteiger charge is -2.16. The van der Waals surface area contributed by atoms with Crippen molar-refractivity contribution in [3.8, 4) is 5.75 Å². The van der Waals surface area contributed by atoms with Crippen LogP contribution in [0.15, 0.2) is 22.7 Å². The molecule has 0 aliphatic rings. The molecule has 1 aromatic rings. The molecule has 19 heavy (non-hydrogen) atoms. The third-order valence-corrected chi connectivity index (χ3v) is 3.32. The number of hydrogen-bond donors (Lipinski definition) is 1. The van der Waals surface area contributed by atoms with Crippen molar-refractivity contribution in [3.05, 3.63) is 28.2 Å². The van der Waals surface area contributed by atoms with Gasteiger partial charge in [-0.3, -0.25) is 4.79 Å². The highest BCUT2D eigenvalue weighted by molar-refractivity contribution is 9.10. The summed E-state index contributed by atoms with van der Waals surface area (Å²) in [5, 5.41) is 2.89. The molecule has 0 fully saturated rings. The van der Waals surface area contributed by atoms with E-state index < -0.39 is 6.10 Å². The molecule has 3 nitrogen and oxygen atoms in total. The number of benzene rings is 1. The Bertz CT molecular complexity index is 432. The van der Waals surface area contributed by atoms with Gasteiger partial charge in [0.15, 0.2) is 6.10 Å². The number of aryl methyl sites for hydroxylation is 1. The van der Waals surface area contributed by atoms with E-state index in [9.17, 15) is 4.79 Å². The highest BCUT2D eigenvalue weighted by Gasteiger charge is 2.15. The summed E-state index contributed by atoms with van der Waals surface area (Å²) in [6.07, 6.45) is 0.502. The third kappa shape index (κ3) is 5.64. The molecule has 0 aliphatic heterocycles. The first-order chi connectivity index (χ1) is 8.90. The predicted octanol–water partition coefficient (Wildman–Crippen LogP) is 3.69. The molecule has 1 rings (SSSR count). The van der Waals surface area contributed by atoms with Crippen LogP contribution in [0, 0.1) is 12.8 Å². The van der Waals surface area contributed by atoms with Crippen LogP contribution in [-0.2, 0) is 4.79 Å². The maximum Gasteiger partial charge on any atom is 0.260 e. The summed E-state index contributed by atoms with van der Waals surface area (Å²) >= 11 is 3.40. The van der Waals surface area contributed by atoms with Crippen molar-refractivity contribution in [2.24, 2.45) is 5.92 Å². The molecular formula is C15H22BrNO2. The molecular weight excluding hydrogens is 306 g/mol. The van der Waals surface area contributed by atoms with E-state index in [1.807, 2.05) is 25.1 Å². The van der Waals surface area contributed by atoms with Crippen LogP contribution >= 0.6 is 15.9 Å². The van der Waals surface area contributed by atoms with Crippen molar-refractivity contribution in [2.75, 3.05) is 6.54 Å². The fourth-order valence-electron chi connectivity index (χ4n) is 1.62. The number of nitrogens with one attached hydrogen (secondary N) is 1. The summed E-state index contributed by atoms with van der Waals surface area (Å²) < 4.78 is 6.69. The van der Waals surface area contributed by atoms with Crippen molar-refractivity contribution in [1.29, 1.82) is 0 Å². The summed E-state index contributed by atoms with van der Waals surface area (Å²) in [4.78, 5) is 11.9. The Balaban J connectivity index is 2.49. The van der Waals surface area contributed by atoms with Gasteiger partial charge in [-0.1, -0.05) is 29.8 Å². The SMILES string of the molecule is Cc1cc(Br)ccc1OC(C)C(=O)NCCC(C)C.